The molecule has 1 aromatic heterocycles. The fraction of sp³-hybridized carbons (Fsp3) is 0.115. The first kappa shape index (κ1) is 22.5. The Morgan fingerprint density at radius 1 is 1.09 bits per heavy atom. The fourth-order valence-electron chi connectivity index (χ4n) is 3.28. The van der Waals surface area contributed by atoms with Gasteiger partial charge in [-0.1, -0.05) is 77.5 Å². The summed E-state index contributed by atoms with van der Waals surface area (Å²) in [5, 5.41) is 8.94. The van der Waals surface area contributed by atoms with Crippen LogP contribution in [0, 0.1) is 0 Å². The maximum Gasteiger partial charge on any atom is 0.281 e. The first-order chi connectivity index (χ1) is 16.1. The standard InChI is InChI=1S/C26H23BrN4O2/c1-2-24(33-23-15-9-12-21(27)16-23)26(32)29-28-17-20-18-31(22-13-7-4-8-14-22)30-25(20)19-10-5-3-6-11-19/h3-18,24H,2H2,1H3,(H,29,32)/b28-17+/t24-/m1/s1. The highest BCUT2D eigenvalue weighted by atomic mass is 79.9. The van der Waals surface area contributed by atoms with Gasteiger partial charge in [-0.2, -0.15) is 10.2 Å². The van der Waals surface area contributed by atoms with Gasteiger partial charge in [-0.15, -0.1) is 0 Å². The molecule has 1 heterocycles. The number of carbonyl (C=O) groups is 1. The second-order valence-corrected chi connectivity index (χ2v) is 8.20. The van der Waals surface area contributed by atoms with Crippen molar-refractivity contribution in [2.45, 2.75) is 19.4 Å². The topological polar surface area (TPSA) is 68.5 Å². The normalized spacial score (nSPS) is 11.9. The number of aromatic nitrogens is 2. The van der Waals surface area contributed by atoms with Crippen molar-refractivity contribution < 1.29 is 9.53 Å². The molecular formula is C26H23BrN4O2. The molecule has 0 aliphatic carbocycles. The molecule has 166 valence electrons. The van der Waals surface area contributed by atoms with Gasteiger partial charge in [-0.25, -0.2) is 10.1 Å². The summed E-state index contributed by atoms with van der Waals surface area (Å²) in [5.41, 5.74) is 6.06. The molecule has 0 radical (unpaired) electrons. The summed E-state index contributed by atoms with van der Waals surface area (Å²) in [6, 6.07) is 27.1. The molecule has 0 saturated carbocycles. The first-order valence-electron chi connectivity index (χ1n) is 10.6. The molecule has 1 amide bonds. The van der Waals surface area contributed by atoms with E-state index < -0.39 is 6.10 Å². The number of halogens is 1. The molecule has 3 aromatic carbocycles. The van der Waals surface area contributed by atoms with Crippen molar-refractivity contribution in [3.8, 4) is 22.7 Å². The van der Waals surface area contributed by atoms with Crippen molar-refractivity contribution in [2.24, 2.45) is 5.10 Å². The SMILES string of the molecule is CC[C@@H](Oc1cccc(Br)c1)C(=O)N/N=C/c1cn(-c2ccccc2)nc1-c1ccccc1. The second-order valence-electron chi connectivity index (χ2n) is 7.29. The van der Waals surface area contributed by atoms with Crippen molar-refractivity contribution in [3.63, 3.8) is 0 Å². The maximum absolute atomic E-state index is 12.7. The van der Waals surface area contributed by atoms with Crippen molar-refractivity contribution in [3.05, 3.63) is 101 Å². The van der Waals surface area contributed by atoms with Crippen molar-refractivity contribution in [1.29, 1.82) is 0 Å². The fourth-order valence-corrected chi connectivity index (χ4v) is 3.66. The van der Waals surface area contributed by atoms with E-state index in [1.54, 1.807) is 10.9 Å². The third-order valence-electron chi connectivity index (χ3n) is 4.93. The Balaban J connectivity index is 1.53. The van der Waals surface area contributed by atoms with Gasteiger partial charge in [0.05, 0.1) is 11.9 Å². The third-order valence-corrected chi connectivity index (χ3v) is 5.42. The number of rotatable bonds is 8. The van der Waals surface area contributed by atoms with Crippen molar-refractivity contribution in [2.75, 3.05) is 0 Å². The molecule has 0 unspecified atom stereocenters. The Morgan fingerprint density at radius 3 is 2.52 bits per heavy atom. The first-order valence-corrected chi connectivity index (χ1v) is 11.4. The summed E-state index contributed by atoms with van der Waals surface area (Å²) in [4.78, 5) is 12.7. The number of carbonyl (C=O) groups excluding carboxylic acids is 1. The maximum atomic E-state index is 12.7. The van der Waals surface area contributed by atoms with Crippen LogP contribution in [0.25, 0.3) is 16.9 Å². The van der Waals surface area contributed by atoms with E-state index in [0.717, 1.165) is 27.0 Å². The number of ether oxygens (including phenoxy) is 1. The van der Waals surface area contributed by atoms with Gasteiger partial charge in [-0.3, -0.25) is 4.79 Å². The number of hydrogen-bond donors (Lipinski definition) is 1. The molecule has 0 aliphatic heterocycles. The van der Waals surface area contributed by atoms with E-state index in [2.05, 4.69) is 26.5 Å². The Hall–Kier alpha value is -3.71. The summed E-state index contributed by atoms with van der Waals surface area (Å²) in [6.07, 6.45) is 3.35. The number of para-hydroxylation sites is 1. The minimum absolute atomic E-state index is 0.314. The van der Waals surface area contributed by atoms with Gasteiger partial charge < -0.3 is 4.74 Å². The van der Waals surface area contributed by atoms with E-state index in [-0.39, 0.29) is 5.91 Å². The minimum Gasteiger partial charge on any atom is -0.481 e. The van der Waals surface area contributed by atoms with Gasteiger partial charge in [-0.05, 0) is 36.8 Å². The lowest BCUT2D eigenvalue weighted by atomic mass is 10.1. The molecular weight excluding hydrogens is 480 g/mol. The molecule has 0 aliphatic rings. The van der Waals surface area contributed by atoms with Crippen LogP contribution in [0.1, 0.15) is 18.9 Å². The molecule has 0 bridgehead atoms. The van der Waals surface area contributed by atoms with E-state index in [4.69, 9.17) is 9.84 Å². The van der Waals surface area contributed by atoms with Crippen LogP contribution in [-0.4, -0.2) is 28.0 Å². The number of nitrogens with one attached hydrogen (secondary N) is 1. The second kappa shape index (κ2) is 10.7. The highest BCUT2D eigenvalue weighted by Gasteiger charge is 2.18. The molecule has 1 atom stereocenters. The molecule has 7 heteroatoms. The zero-order valence-corrected chi connectivity index (χ0v) is 19.6. The van der Waals surface area contributed by atoms with E-state index >= 15 is 0 Å². The average Bonchev–Trinajstić information content (AvgIpc) is 3.28. The summed E-state index contributed by atoms with van der Waals surface area (Å²) in [6.45, 7) is 1.89. The largest absolute Gasteiger partial charge is 0.481 e. The highest BCUT2D eigenvalue weighted by molar-refractivity contribution is 9.10. The summed E-state index contributed by atoms with van der Waals surface area (Å²) < 4.78 is 8.52. The van der Waals surface area contributed by atoms with Crippen LogP contribution in [0.4, 0.5) is 0 Å². The van der Waals surface area contributed by atoms with E-state index in [1.807, 2.05) is 98.0 Å². The van der Waals surface area contributed by atoms with Gasteiger partial charge in [0.15, 0.2) is 6.10 Å². The van der Waals surface area contributed by atoms with Crippen LogP contribution in [-0.2, 0) is 4.79 Å². The Kier molecular flexibility index (Phi) is 7.32. The monoisotopic (exact) mass is 502 g/mol. The van der Waals surface area contributed by atoms with Crippen LogP contribution in [0.3, 0.4) is 0 Å². The molecule has 0 saturated heterocycles. The van der Waals surface area contributed by atoms with E-state index in [9.17, 15) is 4.79 Å². The number of nitrogens with zero attached hydrogens (tertiary/aromatic N) is 3. The lowest BCUT2D eigenvalue weighted by molar-refractivity contribution is -0.128. The van der Waals surface area contributed by atoms with E-state index in [1.165, 1.54) is 0 Å². The molecule has 0 fully saturated rings. The molecule has 6 nitrogen and oxygen atoms in total. The highest BCUT2D eigenvalue weighted by Crippen LogP contribution is 2.23. The molecule has 4 aromatic rings. The van der Waals surface area contributed by atoms with Crippen molar-refractivity contribution in [1.82, 2.24) is 15.2 Å². The van der Waals surface area contributed by atoms with Crippen LogP contribution in [0.15, 0.2) is 101 Å². The smallest absolute Gasteiger partial charge is 0.281 e. The molecule has 4 rings (SSSR count). The van der Waals surface area contributed by atoms with Crippen molar-refractivity contribution >= 4 is 28.1 Å². The lowest BCUT2D eigenvalue weighted by Gasteiger charge is -2.15. The lowest BCUT2D eigenvalue weighted by Crippen LogP contribution is -2.35. The number of hydrazone groups is 1. The summed E-state index contributed by atoms with van der Waals surface area (Å²) in [5.74, 6) is 0.302. The van der Waals surface area contributed by atoms with Crippen LogP contribution < -0.4 is 10.2 Å². The van der Waals surface area contributed by atoms with Gasteiger partial charge in [0.25, 0.3) is 5.91 Å². The quantitative estimate of drug-likeness (QED) is 0.251. The number of amides is 1. The summed E-state index contributed by atoms with van der Waals surface area (Å²) in [7, 11) is 0. The molecule has 33 heavy (non-hydrogen) atoms. The van der Waals surface area contributed by atoms with Gasteiger partial charge in [0.1, 0.15) is 11.4 Å². The zero-order chi connectivity index (χ0) is 23.0. The third kappa shape index (κ3) is 5.75. The molecule has 1 N–H and O–H groups in total. The van der Waals surface area contributed by atoms with Gasteiger partial charge >= 0.3 is 0 Å². The number of hydrogen-bond acceptors (Lipinski definition) is 4. The summed E-state index contributed by atoms with van der Waals surface area (Å²) >= 11 is 3.41. The Morgan fingerprint density at radius 2 is 1.82 bits per heavy atom. The van der Waals surface area contributed by atoms with Crippen LogP contribution >= 0.6 is 15.9 Å². The zero-order valence-electron chi connectivity index (χ0n) is 18.1. The predicted molar refractivity (Wildman–Crippen MR) is 134 cm³/mol. The Labute approximate surface area is 201 Å². The minimum atomic E-state index is -0.655. The molecule has 0 spiro atoms. The van der Waals surface area contributed by atoms with Crippen LogP contribution in [0.5, 0.6) is 5.75 Å². The predicted octanol–water partition coefficient (Wildman–Crippen LogP) is 5.61. The van der Waals surface area contributed by atoms with E-state index in [0.29, 0.717) is 12.2 Å². The average molecular weight is 503 g/mol. The van der Waals surface area contributed by atoms with Gasteiger partial charge in [0, 0.05) is 21.8 Å². The Bertz CT molecular complexity index is 1240. The van der Waals surface area contributed by atoms with Gasteiger partial charge in [0.2, 0.25) is 0 Å². The number of benzene rings is 3. The van der Waals surface area contributed by atoms with Crippen LogP contribution in [0.2, 0.25) is 0 Å².